The van der Waals surface area contributed by atoms with Gasteiger partial charge in [0.1, 0.15) is 50.3 Å². The Morgan fingerprint density at radius 3 is 1.61 bits per heavy atom. The summed E-state index contributed by atoms with van der Waals surface area (Å²) in [6.07, 6.45) is 3.12. The number of pyridine rings is 2. The summed E-state index contributed by atoms with van der Waals surface area (Å²) in [5, 5.41) is 1.56. The zero-order chi connectivity index (χ0) is 32.7. The molecule has 2 aliphatic heterocycles. The topological polar surface area (TPSA) is 238 Å². The number of aromatic nitrogens is 10. The van der Waals surface area contributed by atoms with Crippen LogP contribution in [0.3, 0.4) is 0 Å². The summed E-state index contributed by atoms with van der Waals surface area (Å²) in [5.41, 5.74) is 2.35. The van der Waals surface area contributed by atoms with Crippen LogP contribution in [0, 0.1) is 0 Å². The van der Waals surface area contributed by atoms with E-state index in [1.54, 1.807) is 42.7 Å². The molecular weight excluding hydrogens is 770 g/mol. The molecule has 1 unspecified atom stereocenters. The van der Waals surface area contributed by atoms with Gasteiger partial charge >= 0.3 is 76.2 Å². The molecule has 0 saturated heterocycles. The largest absolute Gasteiger partial charge is 2.00 e. The smallest absolute Gasteiger partial charge is 0.744 e. The Morgan fingerprint density at radius 1 is 0.627 bits per heavy atom. The summed E-state index contributed by atoms with van der Waals surface area (Å²) in [5.74, 6) is 0.717. The summed E-state index contributed by atoms with van der Waals surface area (Å²) in [4.78, 5) is 45.9. The normalized spacial score (nSPS) is 12.2. The second kappa shape index (κ2) is 14.1. The minimum Gasteiger partial charge on any atom is -0.744 e. The van der Waals surface area contributed by atoms with Gasteiger partial charge in [-0.15, -0.1) is 0 Å². The Balaban J connectivity index is 0.00000149. The summed E-state index contributed by atoms with van der Waals surface area (Å²) in [6.45, 7) is 0. The fourth-order valence-electron chi connectivity index (χ4n) is 5.56. The van der Waals surface area contributed by atoms with Crippen LogP contribution in [-0.2, 0) is 38.5 Å². The Bertz CT molecular complexity index is 2870. The molecular formula is C30H12CuN10Na2O6S2. The first-order valence-corrected chi connectivity index (χ1v) is 16.2. The third kappa shape index (κ3) is 6.54. The average Bonchev–Trinajstić information content (AvgIpc) is 3.79. The van der Waals surface area contributed by atoms with E-state index in [9.17, 15) is 21.7 Å². The van der Waals surface area contributed by atoms with Crippen molar-refractivity contribution < 1.29 is 102 Å². The summed E-state index contributed by atoms with van der Waals surface area (Å²) in [7, 11) is -4.81. The number of rotatable bonds is 3. The molecule has 2 aromatic carbocycles. The van der Waals surface area contributed by atoms with Gasteiger partial charge in [-0.25, -0.2) is 22.6 Å². The van der Waals surface area contributed by atoms with Crippen LogP contribution in [0.2, 0.25) is 0 Å². The van der Waals surface area contributed by atoms with Gasteiger partial charge in [-0.3, -0.25) is 9.97 Å². The molecule has 0 spiro atoms. The average molecular weight is 782 g/mol. The standard InChI is InChI=1S/C30H14N10O6S2.Cu.2Na/c41-47(42)46-13-5-7-15-19(11-13)27-35-23(15)33-25-18-4-2-10-32-22(18)30(38-25)40-28-20-12-14(48(43,44)45)6-8-16(20)24(36-28)34-26-17-3-1-9-31-21(17)29(37-26)39-27;;;/h1-12H,(H2-2,33,34,35,36,37,38,39,40,41,42,43,44,45);;;/q-2;+2;2*+1/p-2. The van der Waals surface area contributed by atoms with Crippen LogP contribution in [-0.4, -0.2) is 61.6 Å². The van der Waals surface area contributed by atoms with Crippen molar-refractivity contribution in [3.05, 3.63) is 73.1 Å². The first-order valence-electron chi connectivity index (χ1n) is 13.8. The monoisotopic (exact) mass is 781 g/mol. The maximum absolute atomic E-state index is 12.0. The van der Waals surface area contributed by atoms with Crippen LogP contribution in [0.15, 0.2) is 78.0 Å². The van der Waals surface area contributed by atoms with Crippen molar-refractivity contribution in [3.8, 4) is 51.6 Å². The van der Waals surface area contributed by atoms with E-state index in [0.717, 1.165) is 0 Å². The molecule has 0 saturated carbocycles. The molecule has 243 valence electrons. The molecule has 21 heteroatoms. The molecule has 7 heterocycles. The maximum Gasteiger partial charge on any atom is 2.00 e. The van der Waals surface area contributed by atoms with Crippen molar-refractivity contribution in [1.29, 1.82) is 0 Å². The minimum absolute atomic E-state index is 0. The molecule has 1 atom stereocenters. The van der Waals surface area contributed by atoms with Gasteiger partial charge in [-0.05, 0) is 76.1 Å². The number of hydrogen-bond donors (Lipinski definition) is 0. The molecule has 16 nitrogen and oxygen atoms in total. The van der Waals surface area contributed by atoms with E-state index in [-0.39, 0.29) is 133 Å². The van der Waals surface area contributed by atoms with Gasteiger partial charge < -0.3 is 43.2 Å². The van der Waals surface area contributed by atoms with Crippen LogP contribution in [0.4, 0.5) is 0 Å². The van der Waals surface area contributed by atoms with E-state index in [4.69, 9.17) is 19.1 Å². The molecule has 8 bridgehead atoms. The van der Waals surface area contributed by atoms with E-state index in [0.29, 0.717) is 38.7 Å². The van der Waals surface area contributed by atoms with Gasteiger partial charge in [0.15, 0.2) is 0 Å². The second-order valence-electron chi connectivity index (χ2n) is 10.4. The first-order chi connectivity index (χ1) is 23.2. The maximum atomic E-state index is 12.0. The second-order valence-corrected chi connectivity index (χ2v) is 12.4. The van der Waals surface area contributed by atoms with Crippen molar-refractivity contribution >= 4 is 65.6 Å². The fourth-order valence-corrected chi connectivity index (χ4v) is 6.32. The van der Waals surface area contributed by atoms with Crippen LogP contribution >= 0.6 is 0 Å². The Morgan fingerprint density at radius 2 is 1.10 bits per heavy atom. The van der Waals surface area contributed by atoms with Crippen molar-refractivity contribution in [2.45, 2.75) is 4.90 Å². The third-order valence-corrected chi connectivity index (χ3v) is 8.77. The molecule has 0 fully saturated rings. The van der Waals surface area contributed by atoms with Crippen LogP contribution in [0.25, 0.3) is 89.9 Å². The zero-order valence-electron chi connectivity index (χ0n) is 26.0. The predicted octanol–water partition coefficient (Wildman–Crippen LogP) is -3.00. The Labute approximate surface area is 343 Å². The Kier molecular flexibility index (Phi) is 10.3. The first kappa shape index (κ1) is 37.2. The van der Waals surface area contributed by atoms with E-state index < -0.39 is 26.4 Å². The van der Waals surface area contributed by atoms with E-state index >= 15 is 0 Å². The fraction of sp³-hybridized carbons (Fsp3) is 0. The van der Waals surface area contributed by atoms with Gasteiger partial charge in [-0.1, -0.05) is 6.07 Å². The predicted molar refractivity (Wildman–Crippen MR) is 167 cm³/mol. The van der Waals surface area contributed by atoms with Crippen LogP contribution in [0.5, 0.6) is 5.75 Å². The Hall–Kier alpha value is -3.56. The molecule has 0 N–H and O–H groups in total. The molecule has 5 aromatic heterocycles. The third-order valence-electron chi connectivity index (χ3n) is 7.61. The van der Waals surface area contributed by atoms with Gasteiger partial charge in [-0.2, -0.15) is 0 Å². The van der Waals surface area contributed by atoms with E-state index in [1.807, 2.05) is 0 Å². The molecule has 9 rings (SSSR count). The minimum atomic E-state index is -4.81. The van der Waals surface area contributed by atoms with Crippen LogP contribution < -0.4 is 73.3 Å². The quantitative estimate of drug-likeness (QED) is 0.0986. The van der Waals surface area contributed by atoms with Crippen molar-refractivity contribution in [2.24, 2.45) is 0 Å². The summed E-state index contributed by atoms with van der Waals surface area (Å²) in [6, 6.07) is 15.2. The summed E-state index contributed by atoms with van der Waals surface area (Å²) < 4.78 is 63.4. The molecule has 2 aliphatic rings. The molecule has 7 aromatic rings. The summed E-state index contributed by atoms with van der Waals surface area (Å²) >= 11 is -2.82. The van der Waals surface area contributed by atoms with Gasteiger partial charge in [0.25, 0.3) is 0 Å². The van der Waals surface area contributed by atoms with Crippen molar-refractivity contribution in [3.63, 3.8) is 0 Å². The molecule has 0 amide bonds. The van der Waals surface area contributed by atoms with Gasteiger partial charge in [0.05, 0.1) is 16.5 Å². The number of benzene rings is 2. The van der Waals surface area contributed by atoms with Crippen molar-refractivity contribution in [1.82, 2.24) is 49.8 Å². The van der Waals surface area contributed by atoms with Crippen molar-refractivity contribution in [2.75, 3.05) is 0 Å². The zero-order valence-corrected chi connectivity index (χ0v) is 32.5. The number of fused-ring (bicyclic) bond motifs is 20. The van der Waals surface area contributed by atoms with Crippen LogP contribution in [0.1, 0.15) is 0 Å². The molecule has 51 heavy (non-hydrogen) atoms. The van der Waals surface area contributed by atoms with E-state index in [2.05, 4.69) is 34.9 Å². The number of nitrogens with zero attached hydrogens (tertiary/aromatic N) is 10. The van der Waals surface area contributed by atoms with E-state index in [1.165, 1.54) is 30.3 Å². The molecule has 0 aliphatic carbocycles. The SMILES string of the molecule is O=S([O-])Oc1ccc2c3nc4nc(nc5[n-]c(nc6nc(nc([n-]3)c2c1)-c1ncccc1-6)c1ccc(S(=O)(=O)[O-])cc51)-c1ncccc1-4.[Cu+2].[Na+].[Na+]. The molecule has 1 radical (unpaired) electrons. The number of hydrogen-bond acceptors (Lipinski definition) is 14. The van der Waals surface area contributed by atoms with Gasteiger partial charge in [0, 0.05) is 46.1 Å². The van der Waals surface area contributed by atoms with Gasteiger partial charge in [0.2, 0.25) is 0 Å².